The van der Waals surface area contributed by atoms with Crippen molar-refractivity contribution >= 4 is 22.2 Å². The fourth-order valence-corrected chi connectivity index (χ4v) is 0.950. The predicted octanol–water partition coefficient (Wildman–Crippen LogP) is 1.79. The number of nitrogens with zero attached hydrogens (tertiary/aromatic N) is 1. The third kappa shape index (κ3) is 1.64. The molecule has 0 atom stereocenters. The first-order chi connectivity index (χ1) is 4.86. The third-order valence-corrected chi connectivity index (χ3v) is 1.69. The molecule has 0 spiro atoms. The predicted molar refractivity (Wildman–Crippen MR) is 42.3 cm³/mol. The van der Waals surface area contributed by atoms with E-state index in [1.54, 1.807) is 18.3 Å². The van der Waals surface area contributed by atoms with Crippen molar-refractivity contribution < 1.29 is 4.79 Å². The molecule has 0 aliphatic carbocycles. The van der Waals surface area contributed by atoms with Gasteiger partial charge in [-0.2, -0.15) is 0 Å². The summed E-state index contributed by atoms with van der Waals surface area (Å²) in [6.45, 7) is 0. The van der Waals surface area contributed by atoms with Crippen molar-refractivity contribution in [1.82, 2.24) is 4.98 Å². The molecule has 0 aliphatic rings. The Bertz CT molecular complexity index is 237. The lowest BCUT2D eigenvalue weighted by Crippen LogP contribution is -1.86. The van der Waals surface area contributed by atoms with Gasteiger partial charge in [0.2, 0.25) is 0 Å². The first-order valence-corrected chi connectivity index (χ1v) is 3.95. The highest BCUT2D eigenvalue weighted by Gasteiger charge is 1.92. The Balaban J connectivity index is 2.98. The van der Waals surface area contributed by atoms with E-state index in [1.165, 1.54) is 0 Å². The van der Waals surface area contributed by atoms with Crippen LogP contribution in [0.15, 0.2) is 18.3 Å². The van der Waals surface area contributed by atoms with Gasteiger partial charge in [0.05, 0.1) is 5.69 Å². The number of hydrogen-bond donors (Lipinski definition) is 0. The second-order valence-electron chi connectivity index (χ2n) is 1.83. The standard InChI is InChI=1S/C7H6BrNO/c8-4-7-3-6(5-10)1-2-9-7/h1-3,5H,4H2. The van der Waals surface area contributed by atoms with Gasteiger partial charge in [0.25, 0.3) is 0 Å². The lowest BCUT2D eigenvalue weighted by molar-refractivity contribution is 0.112. The molecule has 0 N–H and O–H groups in total. The molecule has 1 rings (SSSR count). The second kappa shape index (κ2) is 3.46. The molecule has 2 nitrogen and oxygen atoms in total. The van der Waals surface area contributed by atoms with Gasteiger partial charge in [-0.3, -0.25) is 9.78 Å². The van der Waals surface area contributed by atoms with Crippen LogP contribution in [-0.4, -0.2) is 11.3 Å². The number of aldehydes is 1. The Morgan fingerprint density at radius 2 is 2.50 bits per heavy atom. The average molecular weight is 200 g/mol. The van der Waals surface area contributed by atoms with Gasteiger partial charge in [0.15, 0.2) is 0 Å². The van der Waals surface area contributed by atoms with E-state index in [1.807, 2.05) is 0 Å². The van der Waals surface area contributed by atoms with Gasteiger partial charge < -0.3 is 0 Å². The molecule has 3 heteroatoms. The number of carbonyl (C=O) groups is 1. The van der Waals surface area contributed by atoms with Crippen molar-refractivity contribution in [3.63, 3.8) is 0 Å². The van der Waals surface area contributed by atoms with Crippen LogP contribution in [0.4, 0.5) is 0 Å². The molecule has 52 valence electrons. The maximum Gasteiger partial charge on any atom is 0.150 e. The molecule has 0 amide bonds. The van der Waals surface area contributed by atoms with Gasteiger partial charge in [0, 0.05) is 17.1 Å². The zero-order valence-corrected chi connectivity index (χ0v) is 6.84. The summed E-state index contributed by atoms with van der Waals surface area (Å²) in [5, 5.41) is 0.689. The number of alkyl halides is 1. The van der Waals surface area contributed by atoms with Crippen LogP contribution in [0.5, 0.6) is 0 Å². The van der Waals surface area contributed by atoms with Crippen molar-refractivity contribution in [2.75, 3.05) is 0 Å². The Labute approximate surface area is 67.4 Å². The summed E-state index contributed by atoms with van der Waals surface area (Å²) in [7, 11) is 0. The van der Waals surface area contributed by atoms with Crippen molar-refractivity contribution in [3.05, 3.63) is 29.6 Å². The zero-order chi connectivity index (χ0) is 7.40. The van der Waals surface area contributed by atoms with E-state index in [0.29, 0.717) is 10.9 Å². The van der Waals surface area contributed by atoms with Gasteiger partial charge in [-0.05, 0) is 12.1 Å². The second-order valence-corrected chi connectivity index (χ2v) is 2.39. The van der Waals surface area contributed by atoms with E-state index in [0.717, 1.165) is 12.0 Å². The number of hydrogen-bond acceptors (Lipinski definition) is 2. The largest absolute Gasteiger partial charge is 0.298 e. The fraction of sp³-hybridized carbons (Fsp3) is 0.143. The molecule has 0 fully saturated rings. The van der Waals surface area contributed by atoms with Gasteiger partial charge >= 0.3 is 0 Å². The van der Waals surface area contributed by atoms with Crippen molar-refractivity contribution in [3.8, 4) is 0 Å². The number of pyridine rings is 1. The van der Waals surface area contributed by atoms with E-state index in [-0.39, 0.29) is 0 Å². The minimum Gasteiger partial charge on any atom is -0.298 e. The van der Waals surface area contributed by atoms with Crippen LogP contribution >= 0.6 is 15.9 Å². The summed E-state index contributed by atoms with van der Waals surface area (Å²) in [5.74, 6) is 0. The van der Waals surface area contributed by atoms with Crippen LogP contribution in [0.1, 0.15) is 16.1 Å². The molecular formula is C7H6BrNO. The smallest absolute Gasteiger partial charge is 0.150 e. The summed E-state index contributed by atoms with van der Waals surface area (Å²) in [4.78, 5) is 14.2. The molecule has 10 heavy (non-hydrogen) atoms. The number of carbonyl (C=O) groups excluding carboxylic acids is 1. The third-order valence-electron chi connectivity index (χ3n) is 1.11. The van der Waals surface area contributed by atoms with Crippen LogP contribution in [0.25, 0.3) is 0 Å². The van der Waals surface area contributed by atoms with Crippen LogP contribution in [-0.2, 0) is 5.33 Å². The monoisotopic (exact) mass is 199 g/mol. The van der Waals surface area contributed by atoms with Crippen LogP contribution in [0.3, 0.4) is 0 Å². The van der Waals surface area contributed by atoms with Crippen LogP contribution in [0.2, 0.25) is 0 Å². The van der Waals surface area contributed by atoms with Gasteiger partial charge in [-0.1, -0.05) is 15.9 Å². The Morgan fingerprint density at radius 3 is 3.10 bits per heavy atom. The highest BCUT2D eigenvalue weighted by atomic mass is 79.9. The zero-order valence-electron chi connectivity index (χ0n) is 5.25. The lowest BCUT2D eigenvalue weighted by Gasteiger charge is -1.92. The Morgan fingerprint density at radius 1 is 1.70 bits per heavy atom. The molecule has 0 saturated heterocycles. The van der Waals surface area contributed by atoms with Gasteiger partial charge in [0.1, 0.15) is 6.29 Å². The van der Waals surface area contributed by atoms with Crippen molar-refractivity contribution in [2.24, 2.45) is 0 Å². The number of aromatic nitrogens is 1. The summed E-state index contributed by atoms with van der Waals surface area (Å²) >= 11 is 3.24. The lowest BCUT2D eigenvalue weighted by atomic mass is 10.2. The highest BCUT2D eigenvalue weighted by Crippen LogP contribution is 2.02. The van der Waals surface area contributed by atoms with E-state index >= 15 is 0 Å². The first kappa shape index (κ1) is 7.41. The van der Waals surface area contributed by atoms with Crippen LogP contribution in [0, 0.1) is 0 Å². The molecule has 1 heterocycles. The van der Waals surface area contributed by atoms with Crippen molar-refractivity contribution in [1.29, 1.82) is 0 Å². The quantitative estimate of drug-likeness (QED) is 0.538. The highest BCUT2D eigenvalue weighted by molar-refractivity contribution is 9.08. The average Bonchev–Trinajstić information content (AvgIpc) is 2.05. The SMILES string of the molecule is O=Cc1ccnc(CBr)c1. The first-order valence-electron chi connectivity index (χ1n) is 2.83. The minimum atomic E-state index is 0.671. The maximum absolute atomic E-state index is 10.2. The molecule has 0 saturated carbocycles. The molecule has 0 bridgehead atoms. The summed E-state index contributed by atoms with van der Waals surface area (Å²) in [6, 6.07) is 3.43. The Kier molecular flexibility index (Phi) is 2.57. The van der Waals surface area contributed by atoms with Gasteiger partial charge in [-0.25, -0.2) is 0 Å². The molecule has 0 aliphatic heterocycles. The van der Waals surface area contributed by atoms with E-state index < -0.39 is 0 Å². The topological polar surface area (TPSA) is 30.0 Å². The Hall–Kier alpha value is -0.700. The summed E-state index contributed by atoms with van der Waals surface area (Å²) < 4.78 is 0. The molecule has 0 unspecified atom stereocenters. The number of rotatable bonds is 2. The molecule has 1 aromatic heterocycles. The maximum atomic E-state index is 10.2. The molecule has 0 aromatic carbocycles. The fourth-order valence-electron chi connectivity index (χ4n) is 0.643. The summed E-state index contributed by atoms with van der Waals surface area (Å²) in [5.41, 5.74) is 1.55. The molecular weight excluding hydrogens is 194 g/mol. The minimum absolute atomic E-state index is 0.671. The molecule has 1 aromatic rings. The van der Waals surface area contributed by atoms with Crippen molar-refractivity contribution in [2.45, 2.75) is 5.33 Å². The summed E-state index contributed by atoms with van der Waals surface area (Å²) in [6.07, 6.45) is 2.44. The van der Waals surface area contributed by atoms with Crippen LogP contribution < -0.4 is 0 Å². The number of halogens is 1. The molecule has 0 radical (unpaired) electrons. The normalized spacial score (nSPS) is 9.30. The van der Waals surface area contributed by atoms with E-state index in [9.17, 15) is 4.79 Å². The van der Waals surface area contributed by atoms with E-state index in [2.05, 4.69) is 20.9 Å². The van der Waals surface area contributed by atoms with E-state index in [4.69, 9.17) is 0 Å². The van der Waals surface area contributed by atoms with Gasteiger partial charge in [-0.15, -0.1) is 0 Å².